The van der Waals surface area contributed by atoms with E-state index < -0.39 is 24.0 Å². The Bertz CT molecular complexity index is 805. The van der Waals surface area contributed by atoms with Gasteiger partial charge in [0, 0.05) is 19.8 Å². The first-order chi connectivity index (χ1) is 13.4. The normalized spacial score (nSPS) is 12.5. The lowest BCUT2D eigenvalue weighted by Crippen LogP contribution is -2.52. The van der Waals surface area contributed by atoms with Crippen LogP contribution in [0.5, 0.6) is 5.75 Å². The van der Waals surface area contributed by atoms with Gasteiger partial charge >= 0.3 is 5.97 Å². The molecular weight excluding hydrogens is 360 g/mol. The van der Waals surface area contributed by atoms with Gasteiger partial charge < -0.3 is 20.5 Å². The Labute approximate surface area is 163 Å². The molecule has 0 unspecified atom stereocenters. The lowest BCUT2D eigenvalue weighted by Gasteiger charge is -2.21. The quantitative estimate of drug-likeness (QED) is 0.609. The Morgan fingerprint density at radius 1 is 0.893 bits per heavy atom. The molecule has 2 rings (SSSR count). The average Bonchev–Trinajstić information content (AvgIpc) is 2.67. The molecule has 0 saturated heterocycles. The molecule has 2 aromatic carbocycles. The van der Waals surface area contributed by atoms with Crippen LogP contribution >= 0.6 is 0 Å². The highest BCUT2D eigenvalue weighted by molar-refractivity contribution is 5.90. The van der Waals surface area contributed by atoms with E-state index in [1.165, 1.54) is 6.92 Å². The van der Waals surface area contributed by atoms with Crippen LogP contribution in [0.2, 0.25) is 0 Å². The predicted octanol–water partition coefficient (Wildman–Crippen LogP) is 1.55. The smallest absolute Gasteiger partial charge is 0.326 e. The van der Waals surface area contributed by atoms with E-state index in [1.807, 2.05) is 30.3 Å². The van der Waals surface area contributed by atoms with Crippen LogP contribution < -0.4 is 15.4 Å². The lowest BCUT2D eigenvalue weighted by atomic mass is 10.0. The molecule has 2 aromatic rings. The summed E-state index contributed by atoms with van der Waals surface area (Å²) in [5, 5.41) is 14.6. The Hall–Kier alpha value is -3.35. The molecule has 2 amide bonds. The fourth-order valence-corrected chi connectivity index (χ4v) is 2.77. The van der Waals surface area contributed by atoms with Crippen molar-refractivity contribution < 1.29 is 24.2 Å². The number of carbonyl (C=O) groups is 3. The van der Waals surface area contributed by atoms with Crippen LogP contribution in [0, 0.1) is 0 Å². The van der Waals surface area contributed by atoms with Gasteiger partial charge in [-0.1, -0.05) is 42.5 Å². The van der Waals surface area contributed by atoms with Crippen molar-refractivity contribution in [3.05, 3.63) is 65.7 Å². The Morgan fingerprint density at radius 2 is 1.46 bits per heavy atom. The minimum atomic E-state index is -1.15. The number of aliphatic carboxylic acids is 1. The second-order valence-electron chi connectivity index (χ2n) is 6.39. The number of carbonyl (C=O) groups excluding carboxylic acids is 2. The Morgan fingerprint density at radius 3 is 2.00 bits per heavy atom. The van der Waals surface area contributed by atoms with Crippen LogP contribution in [-0.4, -0.2) is 42.1 Å². The maximum atomic E-state index is 12.7. The molecule has 0 aliphatic carbocycles. The minimum Gasteiger partial charge on any atom is -0.497 e. The minimum absolute atomic E-state index is 0.114. The number of nitrogens with one attached hydrogen (secondary N) is 2. The first-order valence-electron chi connectivity index (χ1n) is 8.86. The number of benzene rings is 2. The summed E-state index contributed by atoms with van der Waals surface area (Å²) in [4.78, 5) is 35.8. The highest BCUT2D eigenvalue weighted by Crippen LogP contribution is 2.13. The van der Waals surface area contributed by atoms with Gasteiger partial charge in [0.25, 0.3) is 0 Å². The monoisotopic (exact) mass is 384 g/mol. The number of carboxylic acids is 1. The Balaban J connectivity index is 2.09. The Kier molecular flexibility index (Phi) is 7.56. The van der Waals surface area contributed by atoms with E-state index in [4.69, 9.17) is 4.74 Å². The molecule has 0 bridgehead atoms. The van der Waals surface area contributed by atoms with Gasteiger partial charge in [-0.3, -0.25) is 9.59 Å². The summed E-state index contributed by atoms with van der Waals surface area (Å²) in [6.07, 6.45) is 0.379. The summed E-state index contributed by atoms with van der Waals surface area (Å²) in [5.41, 5.74) is 1.60. The molecule has 7 nitrogen and oxygen atoms in total. The van der Waals surface area contributed by atoms with Crippen molar-refractivity contribution in [1.82, 2.24) is 10.6 Å². The summed E-state index contributed by atoms with van der Waals surface area (Å²) in [7, 11) is 1.55. The number of ether oxygens (including phenoxy) is 1. The third-order valence-electron chi connectivity index (χ3n) is 4.19. The number of hydrogen-bond acceptors (Lipinski definition) is 4. The fraction of sp³-hybridized carbons (Fsp3) is 0.286. The van der Waals surface area contributed by atoms with Crippen molar-refractivity contribution in [1.29, 1.82) is 0 Å². The van der Waals surface area contributed by atoms with Crippen LogP contribution in [-0.2, 0) is 27.2 Å². The van der Waals surface area contributed by atoms with E-state index in [-0.39, 0.29) is 18.7 Å². The second-order valence-corrected chi connectivity index (χ2v) is 6.39. The summed E-state index contributed by atoms with van der Waals surface area (Å²) < 4.78 is 5.08. The SMILES string of the molecule is COc1ccc(C[C@@H](NC(=O)[C@@H](Cc2ccccc2)NC(C)=O)C(=O)O)cc1. The van der Waals surface area contributed by atoms with Crippen molar-refractivity contribution in [2.45, 2.75) is 31.8 Å². The predicted molar refractivity (Wildman–Crippen MR) is 104 cm³/mol. The van der Waals surface area contributed by atoms with Crippen molar-refractivity contribution in [3.63, 3.8) is 0 Å². The maximum absolute atomic E-state index is 12.7. The number of amides is 2. The van der Waals surface area contributed by atoms with Gasteiger partial charge in [0.05, 0.1) is 7.11 Å². The average molecular weight is 384 g/mol. The van der Waals surface area contributed by atoms with Gasteiger partial charge in [0.1, 0.15) is 17.8 Å². The summed E-state index contributed by atoms with van der Waals surface area (Å²) in [6, 6.07) is 14.2. The number of rotatable bonds is 9. The molecule has 0 fully saturated rings. The molecule has 0 saturated carbocycles. The van der Waals surface area contributed by atoms with Crippen molar-refractivity contribution >= 4 is 17.8 Å². The molecule has 0 aromatic heterocycles. The molecule has 0 heterocycles. The summed E-state index contributed by atoms with van der Waals surface area (Å²) >= 11 is 0. The first kappa shape index (κ1) is 21.0. The van der Waals surface area contributed by atoms with Gasteiger partial charge in [0.2, 0.25) is 11.8 Å². The lowest BCUT2D eigenvalue weighted by molar-refractivity contribution is -0.142. The van der Waals surface area contributed by atoms with E-state index in [9.17, 15) is 19.5 Å². The van der Waals surface area contributed by atoms with Gasteiger partial charge in [-0.15, -0.1) is 0 Å². The maximum Gasteiger partial charge on any atom is 0.326 e. The van der Waals surface area contributed by atoms with Crippen LogP contribution in [0.25, 0.3) is 0 Å². The molecule has 148 valence electrons. The molecule has 0 radical (unpaired) electrons. The third-order valence-corrected chi connectivity index (χ3v) is 4.19. The molecule has 2 atom stereocenters. The zero-order chi connectivity index (χ0) is 20.5. The van der Waals surface area contributed by atoms with Crippen molar-refractivity contribution in [3.8, 4) is 5.75 Å². The number of methoxy groups -OCH3 is 1. The molecule has 0 spiro atoms. The van der Waals surface area contributed by atoms with E-state index in [1.54, 1.807) is 31.4 Å². The van der Waals surface area contributed by atoms with E-state index in [0.717, 1.165) is 11.1 Å². The van der Waals surface area contributed by atoms with Crippen LogP contribution in [0.15, 0.2) is 54.6 Å². The van der Waals surface area contributed by atoms with Gasteiger partial charge in [-0.05, 0) is 23.3 Å². The fourth-order valence-electron chi connectivity index (χ4n) is 2.77. The van der Waals surface area contributed by atoms with Crippen molar-refractivity contribution in [2.75, 3.05) is 7.11 Å². The molecule has 3 N–H and O–H groups in total. The summed E-state index contributed by atoms with van der Waals surface area (Å²) in [5.74, 6) is -1.39. The van der Waals surface area contributed by atoms with Gasteiger partial charge in [-0.25, -0.2) is 4.79 Å². The van der Waals surface area contributed by atoms with E-state index in [2.05, 4.69) is 10.6 Å². The number of hydrogen-bond donors (Lipinski definition) is 3. The topological polar surface area (TPSA) is 105 Å². The third kappa shape index (κ3) is 6.42. The molecular formula is C21H24N2O5. The van der Waals surface area contributed by atoms with E-state index >= 15 is 0 Å². The van der Waals surface area contributed by atoms with Crippen LogP contribution in [0.1, 0.15) is 18.1 Å². The molecule has 28 heavy (non-hydrogen) atoms. The van der Waals surface area contributed by atoms with Crippen LogP contribution in [0.4, 0.5) is 0 Å². The highest BCUT2D eigenvalue weighted by atomic mass is 16.5. The standard InChI is InChI=1S/C21H24N2O5/c1-14(24)22-18(12-15-6-4-3-5-7-15)20(25)23-19(21(26)27)13-16-8-10-17(28-2)11-9-16/h3-11,18-19H,12-13H2,1-2H3,(H,22,24)(H,23,25)(H,26,27)/t18-,19-/m1/s1. The summed E-state index contributed by atoms with van der Waals surface area (Å²) in [6.45, 7) is 1.32. The van der Waals surface area contributed by atoms with E-state index in [0.29, 0.717) is 5.75 Å². The largest absolute Gasteiger partial charge is 0.497 e. The number of carboxylic acid groups (broad SMARTS) is 1. The molecule has 0 aliphatic heterocycles. The first-order valence-corrected chi connectivity index (χ1v) is 8.86. The zero-order valence-electron chi connectivity index (χ0n) is 15.8. The van der Waals surface area contributed by atoms with Gasteiger partial charge in [-0.2, -0.15) is 0 Å². The zero-order valence-corrected chi connectivity index (χ0v) is 15.8. The second kappa shape index (κ2) is 10.1. The van der Waals surface area contributed by atoms with Crippen molar-refractivity contribution in [2.24, 2.45) is 0 Å². The molecule has 7 heteroatoms. The van der Waals surface area contributed by atoms with Crippen LogP contribution in [0.3, 0.4) is 0 Å². The van der Waals surface area contributed by atoms with Gasteiger partial charge in [0.15, 0.2) is 0 Å². The molecule has 0 aliphatic rings. The highest BCUT2D eigenvalue weighted by Gasteiger charge is 2.26.